The van der Waals surface area contributed by atoms with E-state index in [0.717, 1.165) is 19.4 Å². The first kappa shape index (κ1) is 21.7. The number of rotatable bonds is 7. The molecule has 0 unspecified atom stereocenters. The molecule has 0 saturated carbocycles. The van der Waals surface area contributed by atoms with Crippen LogP contribution in [-0.2, 0) is 4.74 Å². The standard InChI is InChI=1S/C22H22F3N5O3/c23-14-7-16-20(30-22(14)33-13-3-5-26-8-13)21(28-11-27-16)29-15-1-2-17(19(25)18(15)24)32-10-12-4-6-31-9-12/h1-2,7,11-13,26H,3-6,8-10H2,(H,27,28,29)/t12-,13-/m0/s1. The zero-order valence-electron chi connectivity index (χ0n) is 17.6. The average molecular weight is 461 g/mol. The maximum Gasteiger partial charge on any atom is 0.251 e. The van der Waals surface area contributed by atoms with Crippen molar-refractivity contribution >= 4 is 22.5 Å². The van der Waals surface area contributed by atoms with Crippen molar-refractivity contribution in [3.8, 4) is 11.6 Å². The fourth-order valence-corrected chi connectivity index (χ4v) is 3.80. The Hall–Kier alpha value is -3.18. The third-order valence-corrected chi connectivity index (χ3v) is 5.62. The van der Waals surface area contributed by atoms with Crippen LogP contribution in [0.2, 0.25) is 0 Å². The van der Waals surface area contributed by atoms with E-state index in [9.17, 15) is 13.2 Å². The van der Waals surface area contributed by atoms with E-state index < -0.39 is 17.5 Å². The maximum absolute atomic E-state index is 14.8. The number of fused-ring (bicyclic) bond motifs is 1. The Morgan fingerprint density at radius 1 is 1.15 bits per heavy atom. The molecule has 5 rings (SSSR count). The second kappa shape index (κ2) is 9.36. The molecule has 1 aromatic carbocycles. The number of nitrogens with zero attached hydrogens (tertiary/aromatic N) is 3. The summed E-state index contributed by atoms with van der Waals surface area (Å²) < 4.78 is 60.2. The minimum absolute atomic E-state index is 0.0875. The van der Waals surface area contributed by atoms with Gasteiger partial charge in [-0.25, -0.2) is 23.7 Å². The zero-order chi connectivity index (χ0) is 22.8. The lowest BCUT2D eigenvalue weighted by molar-refractivity contribution is 0.165. The number of halogens is 3. The molecule has 2 N–H and O–H groups in total. The monoisotopic (exact) mass is 461 g/mol. The molecule has 0 radical (unpaired) electrons. The van der Waals surface area contributed by atoms with Crippen LogP contribution in [0.3, 0.4) is 0 Å². The lowest BCUT2D eigenvalue weighted by atomic mass is 10.1. The molecule has 0 spiro atoms. The van der Waals surface area contributed by atoms with Gasteiger partial charge < -0.3 is 24.8 Å². The Labute approximate surface area is 187 Å². The van der Waals surface area contributed by atoms with Crippen LogP contribution in [0.15, 0.2) is 24.5 Å². The van der Waals surface area contributed by atoms with Gasteiger partial charge in [0.1, 0.15) is 17.9 Å². The van der Waals surface area contributed by atoms with Crippen LogP contribution in [0.5, 0.6) is 11.6 Å². The SMILES string of the molecule is Fc1cc2ncnc(Nc3ccc(OC[C@H]4CCOC4)c(F)c3F)c2nc1O[C@H]1CCNC1. The Morgan fingerprint density at radius 2 is 2.06 bits per heavy atom. The molecule has 0 bridgehead atoms. The first-order valence-electron chi connectivity index (χ1n) is 10.7. The van der Waals surface area contributed by atoms with E-state index in [-0.39, 0.29) is 52.8 Å². The summed E-state index contributed by atoms with van der Waals surface area (Å²) in [6, 6.07) is 3.86. The smallest absolute Gasteiger partial charge is 0.251 e. The maximum atomic E-state index is 14.8. The fraction of sp³-hybridized carbons (Fsp3) is 0.409. The highest BCUT2D eigenvalue weighted by molar-refractivity contribution is 5.87. The number of hydrogen-bond acceptors (Lipinski definition) is 8. The summed E-state index contributed by atoms with van der Waals surface area (Å²) in [7, 11) is 0. The van der Waals surface area contributed by atoms with Crippen LogP contribution in [0.25, 0.3) is 11.0 Å². The van der Waals surface area contributed by atoms with E-state index in [1.807, 2.05) is 0 Å². The van der Waals surface area contributed by atoms with Crippen LogP contribution in [0, 0.1) is 23.4 Å². The van der Waals surface area contributed by atoms with E-state index in [4.69, 9.17) is 14.2 Å². The summed E-state index contributed by atoms with van der Waals surface area (Å²) >= 11 is 0. The molecule has 11 heteroatoms. The van der Waals surface area contributed by atoms with E-state index >= 15 is 0 Å². The molecule has 2 aliphatic rings. The van der Waals surface area contributed by atoms with Crippen LogP contribution in [-0.4, -0.2) is 54.0 Å². The third-order valence-electron chi connectivity index (χ3n) is 5.62. The molecular formula is C22H22F3N5O3. The summed E-state index contributed by atoms with van der Waals surface area (Å²) in [5.74, 6) is -3.04. The largest absolute Gasteiger partial charge is 0.490 e. The predicted molar refractivity (Wildman–Crippen MR) is 113 cm³/mol. The van der Waals surface area contributed by atoms with Gasteiger partial charge in [-0.05, 0) is 31.5 Å². The first-order chi connectivity index (χ1) is 16.1. The van der Waals surface area contributed by atoms with Crippen molar-refractivity contribution in [2.45, 2.75) is 18.9 Å². The quantitative estimate of drug-likeness (QED) is 0.554. The number of pyridine rings is 1. The van der Waals surface area contributed by atoms with Crippen molar-refractivity contribution in [1.82, 2.24) is 20.3 Å². The molecule has 174 valence electrons. The topological polar surface area (TPSA) is 90.4 Å². The van der Waals surface area contributed by atoms with Crippen molar-refractivity contribution in [3.63, 3.8) is 0 Å². The van der Waals surface area contributed by atoms with E-state index in [0.29, 0.717) is 19.8 Å². The minimum Gasteiger partial charge on any atom is -0.490 e. The second-order valence-electron chi connectivity index (χ2n) is 8.00. The molecule has 0 amide bonds. The van der Waals surface area contributed by atoms with Crippen LogP contribution < -0.4 is 20.1 Å². The van der Waals surface area contributed by atoms with E-state index in [1.165, 1.54) is 24.5 Å². The van der Waals surface area contributed by atoms with E-state index in [1.54, 1.807) is 0 Å². The molecule has 2 saturated heterocycles. The van der Waals surface area contributed by atoms with Crippen LogP contribution in [0.1, 0.15) is 12.8 Å². The number of hydrogen-bond donors (Lipinski definition) is 2. The number of ether oxygens (including phenoxy) is 3. The van der Waals surface area contributed by atoms with Crippen LogP contribution >= 0.6 is 0 Å². The van der Waals surface area contributed by atoms with Crippen molar-refractivity contribution < 1.29 is 27.4 Å². The number of anilines is 2. The Balaban J connectivity index is 1.39. The third kappa shape index (κ3) is 4.64. The Kier molecular flexibility index (Phi) is 6.14. The summed E-state index contributed by atoms with van der Waals surface area (Å²) in [4.78, 5) is 12.3. The summed E-state index contributed by atoms with van der Waals surface area (Å²) in [5, 5.41) is 5.85. The fourth-order valence-electron chi connectivity index (χ4n) is 3.80. The predicted octanol–water partition coefficient (Wildman–Crippen LogP) is 3.34. The van der Waals surface area contributed by atoms with Gasteiger partial charge in [0, 0.05) is 25.1 Å². The van der Waals surface area contributed by atoms with Gasteiger partial charge in [0.05, 0.1) is 24.4 Å². The van der Waals surface area contributed by atoms with Gasteiger partial charge >= 0.3 is 0 Å². The molecule has 2 aliphatic heterocycles. The van der Waals surface area contributed by atoms with Crippen molar-refractivity contribution in [2.75, 3.05) is 38.2 Å². The highest BCUT2D eigenvalue weighted by Gasteiger charge is 2.22. The van der Waals surface area contributed by atoms with Gasteiger partial charge in [-0.2, -0.15) is 4.39 Å². The highest BCUT2D eigenvalue weighted by Crippen LogP contribution is 2.31. The van der Waals surface area contributed by atoms with Gasteiger partial charge in [0.15, 0.2) is 23.2 Å². The first-order valence-corrected chi connectivity index (χ1v) is 10.7. The molecule has 33 heavy (non-hydrogen) atoms. The lowest BCUT2D eigenvalue weighted by Crippen LogP contribution is -2.20. The molecule has 2 atom stereocenters. The van der Waals surface area contributed by atoms with Crippen molar-refractivity contribution in [3.05, 3.63) is 42.0 Å². The number of nitrogens with one attached hydrogen (secondary N) is 2. The normalized spacial score (nSPS) is 20.3. The van der Waals surface area contributed by atoms with Gasteiger partial charge in [-0.15, -0.1) is 0 Å². The van der Waals surface area contributed by atoms with Gasteiger partial charge in [0.25, 0.3) is 5.88 Å². The molecule has 2 aromatic heterocycles. The van der Waals surface area contributed by atoms with Gasteiger partial charge in [-0.3, -0.25) is 0 Å². The van der Waals surface area contributed by atoms with Crippen LogP contribution in [0.4, 0.5) is 24.7 Å². The van der Waals surface area contributed by atoms with E-state index in [2.05, 4.69) is 25.6 Å². The lowest BCUT2D eigenvalue weighted by Gasteiger charge is -2.15. The number of aromatic nitrogens is 3. The number of benzene rings is 1. The second-order valence-corrected chi connectivity index (χ2v) is 8.00. The molecule has 3 aromatic rings. The minimum atomic E-state index is -1.13. The Bertz CT molecular complexity index is 1150. The molecular weight excluding hydrogens is 439 g/mol. The van der Waals surface area contributed by atoms with Gasteiger partial charge in [-0.1, -0.05) is 0 Å². The molecule has 8 nitrogen and oxygen atoms in total. The van der Waals surface area contributed by atoms with Crippen molar-refractivity contribution in [1.29, 1.82) is 0 Å². The summed E-state index contributed by atoms with van der Waals surface area (Å²) in [6.07, 6.45) is 2.52. The van der Waals surface area contributed by atoms with Gasteiger partial charge in [0.2, 0.25) is 5.82 Å². The Morgan fingerprint density at radius 3 is 2.85 bits per heavy atom. The average Bonchev–Trinajstić information content (AvgIpc) is 3.52. The van der Waals surface area contributed by atoms with Crippen molar-refractivity contribution in [2.24, 2.45) is 5.92 Å². The summed E-state index contributed by atoms with van der Waals surface area (Å²) in [6.45, 7) is 2.79. The molecule has 4 heterocycles. The highest BCUT2D eigenvalue weighted by atomic mass is 19.2. The molecule has 2 fully saturated rings. The summed E-state index contributed by atoms with van der Waals surface area (Å²) in [5.41, 5.74) is 0.195. The molecule has 0 aliphatic carbocycles. The zero-order valence-corrected chi connectivity index (χ0v) is 17.6.